The Morgan fingerprint density at radius 1 is 1.42 bits per heavy atom. The molecule has 0 aliphatic rings. The maximum atomic E-state index is 10.6. The lowest BCUT2D eigenvalue weighted by molar-refractivity contribution is -0.384. The summed E-state index contributed by atoms with van der Waals surface area (Å²) in [5, 5.41) is 23.0. The molecule has 0 heterocycles. The number of hydrogen-bond donors (Lipinski definition) is 2. The van der Waals surface area contributed by atoms with E-state index in [2.05, 4.69) is 5.32 Å². The number of benzene rings is 1. The zero-order chi connectivity index (χ0) is 14.3. The van der Waals surface area contributed by atoms with Gasteiger partial charge in [-0.1, -0.05) is 26.0 Å². The average Bonchev–Trinajstić information content (AvgIpc) is 2.38. The SMILES string of the molecule is CC(C)(CO)CCCNCc1cccc([N+](=O)[O-])c1. The van der Waals surface area contributed by atoms with Crippen LogP contribution >= 0.6 is 0 Å². The molecule has 0 aromatic heterocycles. The molecule has 0 saturated heterocycles. The molecule has 0 aliphatic carbocycles. The molecule has 19 heavy (non-hydrogen) atoms. The van der Waals surface area contributed by atoms with Crippen molar-refractivity contribution in [3.63, 3.8) is 0 Å². The van der Waals surface area contributed by atoms with Crippen LogP contribution in [0, 0.1) is 15.5 Å². The van der Waals surface area contributed by atoms with Crippen molar-refractivity contribution in [1.82, 2.24) is 5.32 Å². The van der Waals surface area contributed by atoms with E-state index in [1.165, 1.54) is 6.07 Å². The van der Waals surface area contributed by atoms with Crippen molar-refractivity contribution in [2.75, 3.05) is 13.2 Å². The van der Waals surface area contributed by atoms with Crippen LogP contribution in [-0.2, 0) is 6.54 Å². The van der Waals surface area contributed by atoms with Gasteiger partial charge in [0.25, 0.3) is 5.69 Å². The van der Waals surface area contributed by atoms with Crippen LogP contribution in [0.5, 0.6) is 0 Å². The number of nitrogens with zero attached hydrogens (tertiary/aromatic N) is 1. The number of aliphatic hydroxyl groups is 1. The molecule has 106 valence electrons. The second-order valence-electron chi connectivity index (χ2n) is 5.53. The van der Waals surface area contributed by atoms with Gasteiger partial charge in [-0.15, -0.1) is 0 Å². The molecule has 0 spiro atoms. The number of non-ortho nitro benzene ring substituents is 1. The van der Waals surface area contributed by atoms with Gasteiger partial charge in [-0.3, -0.25) is 10.1 Å². The largest absolute Gasteiger partial charge is 0.396 e. The highest BCUT2D eigenvalue weighted by Gasteiger charge is 2.15. The molecule has 0 amide bonds. The molecule has 1 aromatic carbocycles. The Hall–Kier alpha value is -1.46. The van der Waals surface area contributed by atoms with Gasteiger partial charge in [-0.2, -0.15) is 0 Å². The molecule has 1 aromatic rings. The summed E-state index contributed by atoms with van der Waals surface area (Å²) in [4.78, 5) is 10.3. The minimum Gasteiger partial charge on any atom is -0.396 e. The van der Waals surface area contributed by atoms with E-state index in [0.717, 1.165) is 24.9 Å². The molecular formula is C14H22N2O3. The number of nitro benzene ring substituents is 1. The maximum Gasteiger partial charge on any atom is 0.269 e. The van der Waals surface area contributed by atoms with Crippen molar-refractivity contribution in [3.8, 4) is 0 Å². The predicted octanol–water partition coefficient (Wildman–Crippen LogP) is 2.48. The smallest absolute Gasteiger partial charge is 0.269 e. The first kappa shape index (κ1) is 15.6. The Morgan fingerprint density at radius 3 is 2.79 bits per heavy atom. The normalized spacial score (nSPS) is 11.5. The Labute approximate surface area is 113 Å². The summed E-state index contributed by atoms with van der Waals surface area (Å²) in [6.07, 6.45) is 1.92. The summed E-state index contributed by atoms with van der Waals surface area (Å²) in [7, 11) is 0. The van der Waals surface area contributed by atoms with Crippen LogP contribution in [0.4, 0.5) is 5.69 Å². The Bertz CT molecular complexity index is 419. The van der Waals surface area contributed by atoms with Crippen molar-refractivity contribution < 1.29 is 10.0 Å². The van der Waals surface area contributed by atoms with E-state index in [1.807, 2.05) is 19.9 Å². The van der Waals surface area contributed by atoms with Gasteiger partial charge in [0, 0.05) is 25.3 Å². The minimum atomic E-state index is -0.382. The number of nitrogens with one attached hydrogen (secondary N) is 1. The third-order valence-electron chi connectivity index (χ3n) is 3.09. The van der Waals surface area contributed by atoms with E-state index in [1.54, 1.807) is 12.1 Å². The van der Waals surface area contributed by atoms with E-state index < -0.39 is 0 Å². The van der Waals surface area contributed by atoms with E-state index in [4.69, 9.17) is 5.11 Å². The molecule has 0 unspecified atom stereocenters. The van der Waals surface area contributed by atoms with E-state index >= 15 is 0 Å². The Kier molecular flexibility index (Phi) is 5.92. The molecule has 1 rings (SSSR count). The standard InChI is InChI=1S/C14H22N2O3/c1-14(2,11-17)7-4-8-15-10-12-5-3-6-13(9-12)16(18)19/h3,5-6,9,15,17H,4,7-8,10-11H2,1-2H3. The van der Waals surface area contributed by atoms with Gasteiger partial charge in [0.2, 0.25) is 0 Å². The molecule has 0 radical (unpaired) electrons. The van der Waals surface area contributed by atoms with Gasteiger partial charge in [-0.05, 0) is 30.4 Å². The lowest BCUT2D eigenvalue weighted by Crippen LogP contribution is -2.20. The molecule has 0 bridgehead atoms. The highest BCUT2D eigenvalue weighted by atomic mass is 16.6. The third kappa shape index (κ3) is 5.81. The van der Waals surface area contributed by atoms with E-state index in [0.29, 0.717) is 6.54 Å². The van der Waals surface area contributed by atoms with Crippen molar-refractivity contribution in [2.45, 2.75) is 33.2 Å². The lowest BCUT2D eigenvalue weighted by Gasteiger charge is -2.21. The van der Waals surface area contributed by atoms with E-state index in [-0.39, 0.29) is 22.6 Å². The fraction of sp³-hybridized carbons (Fsp3) is 0.571. The van der Waals surface area contributed by atoms with E-state index in [9.17, 15) is 10.1 Å². The molecule has 0 fully saturated rings. The topological polar surface area (TPSA) is 75.4 Å². The summed E-state index contributed by atoms with van der Waals surface area (Å²) in [6, 6.07) is 6.65. The van der Waals surface area contributed by atoms with Crippen molar-refractivity contribution >= 4 is 5.69 Å². The first-order chi connectivity index (χ1) is 8.94. The zero-order valence-corrected chi connectivity index (χ0v) is 11.6. The van der Waals surface area contributed by atoms with Crippen molar-refractivity contribution in [1.29, 1.82) is 0 Å². The lowest BCUT2D eigenvalue weighted by atomic mass is 9.89. The van der Waals surface area contributed by atoms with Crippen LogP contribution in [0.1, 0.15) is 32.3 Å². The summed E-state index contributed by atoms with van der Waals surface area (Å²) in [6.45, 7) is 5.73. The van der Waals surface area contributed by atoms with Crippen LogP contribution in [0.25, 0.3) is 0 Å². The summed E-state index contributed by atoms with van der Waals surface area (Å²) in [5.41, 5.74) is 1.00. The fourth-order valence-electron chi connectivity index (χ4n) is 1.78. The first-order valence-corrected chi connectivity index (χ1v) is 6.49. The maximum absolute atomic E-state index is 10.6. The number of rotatable bonds is 8. The second kappa shape index (κ2) is 7.21. The number of nitro groups is 1. The van der Waals surface area contributed by atoms with Crippen molar-refractivity contribution in [3.05, 3.63) is 39.9 Å². The van der Waals surface area contributed by atoms with Gasteiger partial charge >= 0.3 is 0 Å². The summed E-state index contributed by atoms with van der Waals surface area (Å²) in [5.74, 6) is 0. The molecule has 5 nitrogen and oxygen atoms in total. The monoisotopic (exact) mass is 266 g/mol. The van der Waals surface area contributed by atoms with Gasteiger partial charge in [0.05, 0.1) is 4.92 Å². The Morgan fingerprint density at radius 2 is 2.16 bits per heavy atom. The van der Waals surface area contributed by atoms with Crippen molar-refractivity contribution in [2.24, 2.45) is 5.41 Å². The van der Waals surface area contributed by atoms with Crippen LogP contribution in [0.15, 0.2) is 24.3 Å². The predicted molar refractivity (Wildman–Crippen MR) is 74.9 cm³/mol. The molecular weight excluding hydrogens is 244 g/mol. The number of aliphatic hydroxyl groups excluding tert-OH is 1. The molecule has 0 aliphatic heterocycles. The number of hydrogen-bond acceptors (Lipinski definition) is 4. The highest BCUT2D eigenvalue weighted by molar-refractivity contribution is 5.34. The van der Waals surface area contributed by atoms with Crippen LogP contribution in [0.2, 0.25) is 0 Å². The summed E-state index contributed by atoms with van der Waals surface area (Å²) < 4.78 is 0. The second-order valence-corrected chi connectivity index (χ2v) is 5.53. The molecule has 2 N–H and O–H groups in total. The fourth-order valence-corrected chi connectivity index (χ4v) is 1.78. The molecule has 0 atom stereocenters. The van der Waals surface area contributed by atoms with Crippen LogP contribution in [0.3, 0.4) is 0 Å². The van der Waals surface area contributed by atoms with Crippen LogP contribution in [-0.4, -0.2) is 23.2 Å². The average molecular weight is 266 g/mol. The van der Waals surface area contributed by atoms with Gasteiger partial charge < -0.3 is 10.4 Å². The minimum absolute atomic E-state index is 0.0345. The first-order valence-electron chi connectivity index (χ1n) is 6.49. The molecule has 5 heteroatoms. The van der Waals surface area contributed by atoms with Gasteiger partial charge in [0.1, 0.15) is 0 Å². The van der Waals surface area contributed by atoms with Crippen LogP contribution < -0.4 is 5.32 Å². The molecule has 0 saturated carbocycles. The highest BCUT2D eigenvalue weighted by Crippen LogP contribution is 2.20. The quantitative estimate of drug-likeness (QED) is 0.430. The van der Waals surface area contributed by atoms with Gasteiger partial charge in [-0.25, -0.2) is 0 Å². The third-order valence-corrected chi connectivity index (χ3v) is 3.09. The Balaban J connectivity index is 2.30. The summed E-state index contributed by atoms with van der Waals surface area (Å²) >= 11 is 0. The van der Waals surface area contributed by atoms with Gasteiger partial charge in [0.15, 0.2) is 0 Å². The zero-order valence-electron chi connectivity index (χ0n) is 11.6.